The highest BCUT2D eigenvalue weighted by molar-refractivity contribution is 5.79. The number of amides is 1. The molecule has 2 aromatic rings. The molecule has 1 aliphatic rings. The van der Waals surface area contributed by atoms with Crippen molar-refractivity contribution in [3.63, 3.8) is 0 Å². The second-order valence-electron chi connectivity index (χ2n) is 7.29. The first-order valence-corrected chi connectivity index (χ1v) is 8.18. The molecular weight excluding hydrogens is 290 g/mol. The fourth-order valence-electron chi connectivity index (χ4n) is 2.84. The van der Waals surface area contributed by atoms with Crippen LogP contribution in [0.25, 0.3) is 10.9 Å². The molecule has 0 unspecified atom stereocenters. The molecule has 5 nitrogen and oxygen atoms in total. The Morgan fingerprint density at radius 2 is 2.04 bits per heavy atom. The summed E-state index contributed by atoms with van der Waals surface area (Å²) in [4.78, 5) is 14.9. The van der Waals surface area contributed by atoms with Crippen LogP contribution in [-0.4, -0.2) is 28.8 Å². The van der Waals surface area contributed by atoms with E-state index in [1.807, 2.05) is 27.0 Å². The molecule has 0 saturated heterocycles. The monoisotopic (exact) mass is 315 g/mol. The van der Waals surface area contributed by atoms with Gasteiger partial charge in [-0.25, -0.2) is 4.79 Å². The Kier molecular flexibility index (Phi) is 4.31. The Morgan fingerprint density at radius 3 is 2.78 bits per heavy atom. The van der Waals surface area contributed by atoms with E-state index in [9.17, 15) is 4.79 Å². The van der Waals surface area contributed by atoms with E-state index in [1.54, 1.807) is 0 Å². The molecular formula is C18H25N3O2. The molecule has 1 aliphatic carbocycles. The van der Waals surface area contributed by atoms with E-state index >= 15 is 0 Å². The average molecular weight is 315 g/mol. The van der Waals surface area contributed by atoms with E-state index in [1.165, 1.54) is 16.5 Å². The molecule has 23 heavy (non-hydrogen) atoms. The predicted octanol–water partition coefficient (Wildman–Crippen LogP) is 3.31. The predicted molar refractivity (Wildman–Crippen MR) is 91.3 cm³/mol. The zero-order valence-corrected chi connectivity index (χ0v) is 14.0. The number of aromatic amines is 1. The molecule has 0 aliphatic heterocycles. The number of carbonyl (C=O) groups excluding carboxylic acids is 1. The Morgan fingerprint density at radius 1 is 1.26 bits per heavy atom. The van der Waals surface area contributed by atoms with E-state index in [0.29, 0.717) is 6.04 Å². The molecule has 1 amide bonds. The third-order valence-corrected chi connectivity index (χ3v) is 4.07. The van der Waals surface area contributed by atoms with Gasteiger partial charge >= 0.3 is 6.09 Å². The highest BCUT2D eigenvalue weighted by atomic mass is 16.6. The quantitative estimate of drug-likeness (QED) is 0.811. The van der Waals surface area contributed by atoms with Gasteiger partial charge in [-0.3, -0.25) is 0 Å². The maximum atomic E-state index is 11.7. The van der Waals surface area contributed by atoms with Gasteiger partial charge in [-0.1, -0.05) is 12.1 Å². The van der Waals surface area contributed by atoms with Crippen molar-refractivity contribution in [2.45, 2.75) is 57.8 Å². The number of benzene rings is 1. The Bertz CT molecular complexity index is 681. The Hall–Kier alpha value is -2.01. The molecule has 0 bridgehead atoms. The van der Waals surface area contributed by atoms with Gasteiger partial charge in [0.2, 0.25) is 0 Å². The van der Waals surface area contributed by atoms with E-state index in [-0.39, 0.29) is 12.1 Å². The SMILES string of the molecule is CC(C)(C)OC(=O)NC1CC(NCc2ccc3cc[nH]c3c2)C1. The summed E-state index contributed by atoms with van der Waals surface area (Å²) in [7, 11) is 0. The maximum absolute atomic E-state index is 11.7. The molecule has 1 saturated carbocycles. The van der Waals surface area contributed by atoms with E-state index in [0.717, 1.165) is 19.4 Å². The minimum atomic E-state index is -0.443. The number of rotatable bonds is 4. The number of hydrogen-bond acceptors (Lipinski definition) is 3. The van der Waals surface area contributed by atoms with Gasteiger partial charge < -0.3 is 20.4 Å². The third-order valence-electron chi connectivity index (χ3n) is 4.07. The molecule has 3 N–H and O–H groups in total. The second kappa shape index (κ2) is 6.24. The van der Waals surface area contributed by atoms with Crippen LogP contribution < -0.4 is 10.6 Å². The fraction of sp³-hybridized carbons (Fsp3) is 0.500. The Balaban J connectivity index is 1.39. The number of carbonyl (C=O) groups is 1. The van der Waals surface area contributed by atoms with Gasteiger partial charge in [0.1, 0.15) is 5.60 Å². The first-order chi connectivity index (χ1) is 10.9. The standard InChI is InChI=1S/C18H25N3O2/c1-18(2,3)23-17(22)21-15-9-14(10-15)20-11-12-4-5-13-6-7-19-16(13)8-12/h4-8,14-15,19-20H,9-11H2,1-3H3,(H,21,22). The zero-order valence-electron chi connectivity index (χ0n) is 14.0. The normalized spacial score (nSPS) is 21.0. The number of ether oxygens (including phenoxy) is 1. The lowest BCUT2D eigenvalue weighted by Gasteiger charge is -2.36. The highest BCUT2D eigenvalue weighted by Crippen LogP contribution is 2.22. The molecule has 1 aromatic heterocycles. The van der Waals surface area contributed by atoms with Crippen LogP contribution in [0.4, 0.5) is 4.79 Å². The Labute approximate surface area is 136 Å². The van der Waals surface area contributed by atoms with E-state index in [4.69, 9.17) is 4.74 Å². The van der Waals surface area contributed by atoms with Crippen LogP contribution in [0.2, 0.25) is 0 Å². The molecule has 1 heterocycles. The lowest BCUT2D eigenvalue weighted by atomic mass is 9.86. The molecule has 3 rings (SSSR count). The van der Waals surface area contributed by atoms with Crippen molar-refractivity contribution in [3.8, 4) is 0 Å². The summed E-state index contributed by atoms with van der Waals surface area (Å²) in [6.07, 6.45) is 3.53. The molecule has 0 atom stereocenters. The van der Waals surface area contributed by atoms with E-state index < -0.39 is 5.60 Å². The van der Waals surface area contributed by atoms with Crippen LogP contribution in [-0.2, 0) is 11.3 Å². The topological polar surface area (TPSA) is 66.2 Å². The fourth-order valence-corrected chi connectivity index (χ4v) is 2.84. The van der Waals surface area contributed by atoms with Crippen molar-refractivity contribution in [1.82, 2.24) is 15.6 Å². The highest BCUT2D eigenvalue weighted by Gasteiger charge is 2.31. The van der Waals surface area contributed by atoms with Crippen molar-refractivity contribution in [2.24, 2.45) is 0 Å². The van der Waals surface area contributed by atoms with Gasteiger partial charge in [0, 0.05) is 30.3 Å². The number of fused-ring (bicyclic) bond motifs is 1. The van der Waals surface area contributed by atoms with Crippen molar-refractivity contribution < 1.29 is 9.53 Å². The summed E-state index contributed by atoms with van der Waals surface area (Å²) in [6.45, 7) is 6.47. The molecule has 1 aromatic carbocycles. The van der Waals surface area contributed by atoms with E-state index in [2.05, 4.69) is 39.9 Å². The van der Waals surface area contributed by atoms with Crippen LogP contribution >= 0.6 is 0 Å². The van der Waals surface area contributed by atoms with Crippen LogP contribution in [0.1, 0.15) is 39.2 Å². The minimum absolute atomic E-state index is 0.216. The summed E-state index contributed by atoms with van der Waals surface area (Å²) < 4.78 is 5.27. The van der Waals surface area contributed by atoms with Crippen molar-refractivity contribution in [2.75, 3.05) is 0 Å². The summed E-state index contributed by atoms with van der Waals surface area (Å²) in [5.41, 5.74) is 1.99. The van der Waals surface area contributed by atoms with Crippen LogP contribution in [0.5, 0.6) is 0 Å². The summed E-state index contributed by atoms with van der Waals surface area (Å²) >= 11 is 0. The van der Waals surface area contributed by atoms with Gasteiger partial charge in [-0.15, -0.1) is 0 Å². The average Bonchev–Trinajstić information content (AvgIpc) is 2.86. The van der Waals surface area contributed by atoms with Gasteiger partial charge in [-0.2, -0.15) is 0 Å². The van der Waals surface area contributed by atoms with Crippen LogP contribution in [0.15, 0.2) is 30.5 Å². The summed E-state index contributed by atoms with van der Waals surface area (Å²) in [5, 5.41) is 7.69. The molecule has 5 heteroatoms. The third kappa shape index (κ3) is 4.26. The molecule has 0 spiro atoms. The molecule has 0 radical (unpaired) electrons. The largest absolute Gasteiger partial charge is 0.444 e. The van der Waals surface area contributed by atoms with Crippen molar-refractivity contribution in [3.05, 3.63) is 36.0 Å². The van der Waals surface area contributed by atoms with Crippen LogP contribution in [0.3, 0.4) is 0 Å². The summed E-state index contributed by atoms with van der Waals surface area (Å²) in [6, 6.07) is 9.21. The zero-order chi connectivity index (χ0) is 16.4. The first kappa shape index (κ1) is 15.9. The minimum Gasteiger partial charge on any atom is -0.444 e. The van der Waals surface area contributed by atoms with Gasteiger partial charge in [-0.05, 0) is 56.7 Å². The first-order valence-electron chi connectivity index (χ1n) is 8.18. The number of aromatic nitrogens is 1. The lowest BCUT2D eigenvalue weighted by Crippen LogP contribution is -2.52. The lowest BCUT2D eigenvalue weighted by molar-refractivity contribution is 0.0465. The summed E-state index contributed by atoms with van der Waals surface area (Å²) in [5.74, 6) is 0. The second-order valence-corrected chi connectivity index (χ2v) is 7.29. The van der Waals surface area contributed by atoms with Crippen molar-refractivity contribution in [1.29, 1.82) is 0 Å². The maximum Gasteiger partial charge on any atom is 0.407 e. The molecule has 1 fully saturated rings. The van der Waals surface area contributed by atoms with Crippen LogP contribution in [0, 0.1) is 0 Å². The van der Waals surface area contributed by atoms with Gasteiger partial charge in [0.15, 0.2) is 0 Å². The number of nitrogens with one attached hydrogen (secondary N) is 3. The number of alkyl carbamates (subject to hydrolysis) is 1. The number of hydrogen-bond donors (Lipinski definition) is 3. The van der Waals surface area contributed by atoms with Gasteiger partial charge in [0.05, 0.1) is 0 Å². The van der Waals surface area contributed by atoms with Gasteiger partial charge in [0.25, 0.3) is 0 Å². The van der Waals surface area contributed by atoms with Crippen molar-refractivity contribution >= 4 is 17.0 Å². The number of H-pyrrole nitrogens is 1. The molecule has 124 valence electrons. The smallest absolute Gasteiger partial charge is 0.407 e.